The Labute approximate surface area is 163 Å². The number of rotatable bonds is 17. The van der Waals surface area contributed by atoms with Gasteiger partial charge < -0.3 is 15.5 Å². The number of carbonyl (C=O) groups excluding carboxylic acids is 1. The van der Waals surface area contributed by atoms with Gasteiger partial charge in [-0.2, -0.15) is 0 Å². The molecule has 26 heavy (non-hydrogen) atoms. The van der Waals surface area contributed by atoms with Crippen LogP contribution in [0, 0.1) is 0 Å². The summed E-state index contributed by atoms with van der Waals surface area (Å²) >= 11 is 0. The van der Waals surface area contributed by atoms with Crippen LogP contribution in [-0.2, 0) is 4.79 Å². The number of hydrogen-bond acceptors (Lipinski definition) is 3. The van der Waals surface area contributed by atoms with Gasteiger partial charge in [0, 0.05) is 15.0 Å². The molecule has 5 heteroatoms. The Morgan fingerprint density at radius 2 is 1.15 bits per heavy atom. The third-order valence-corrected chi connectivity index (χ3v) is 6.98. The average Bonchev–Trinajstić information content (AvgIpc) is 2.56. The van der Waals surface area contributed by atoms with E-state index in [1.807, 2.05) is 0 Å². The second kappa shape index (κ2) is 14.6. The van der Waals surface area contributed by atoms with E-state index in [0.29, 0.717) is 6.42 Å². The molecule has 0 aromatic rings. The first kappa shape index (κ1) is 25.6. The topological polar surface area (TPSA) is 69.6 Å². The van der Waals surface area contributed by atoms with Gasteiger partial charge in [0.2, 0.25) is 5.91 Å². The largest absolute Gasteiger partial charge is 0.394 e. The molecule has 4 nitrogen and oxygen atoms in total. The molecule has 0 aliphatic heterocycles. The maximum absolute atomic E-state index is 11.2. The van der Waals surface area contributed by atoms with Crippen LogP contribution in [0.5, 0.6) is 0 Å². The molecule has 0 saturated carbocycles. The standard InChI is InChI=1S/C21H45NO3Si/c1-20(25)22-21(18-23,19-24)16-14-12-10-8-6-5-7-9-11-13-15-17-26(2,3)4/h23-24H,5-19H2,1-4H3,(H,22,25). The van der Waals surface area contributed by atoms with Crippen LogP contribution in [0.2, 0.25) is 25.7 Å². The molecular formula is C21H45NO3Si. The molecule has 0 heterocycles. The second-order valence-corrected chi connectivity index (χ2v) is 14.8. The summed E-state index contributed by atoms with van der Waals surface area (Å²) in [6.45, 7) is 8.38. The molecule has 0 fully saturated rings. The minimum absolute atomic E-state index is 0.200. The monoisotopic (exact) mass is 387 g/mol. The maximum Gasteiger partial charge on any atom is 0.217 e. The van der Waals surface area contributed by atoms with Crippen LogP contribution in [-0.4, -0.2) is 42.9 Å². The Bertz CT molecular complexity index is 352. The predicted molar refractivity (Wildman–Crippen MR) is 114 cm³/mol. The minimum atomic E-state index is -0.846. The summed E-state index contributed by atoms with van der Waals surface area (Å²) in [4.78, 5) is 11.2. The first-order chi connectivity index (χ1) is 12.2. The fraction of sp³-hybridized carbons (Fsp3) is 0.952. The summed E-state index contributed by atoms with van der Waals surface area (Å²) in [5.41, 5.74) is -0.846. The van der Waals surface area contributed by atoms with E-state index in [1.165, 1.54) is 70.8 Å². The normalized spacial score (nSPS) is 12.4. The van der Waals surface area contributed by atoms with Crippen LogP contribution in [0.4, 0.5) is 0 Å². The Balaban J connectivity index is 3.49. The Hall–Kier alpha value is -0.393. The Morgan fingerprint density at radius 3 is 1.50 bits per heavy atom. The predicted octanol–water partition coefficient (Wildman–Crippen LogP) is 4.87. The molecule has 156 valence electrons. The van der Waals surface area contributed by atoms with Crippen LogP contribution in [0.25, 0.3) is 0 Å². The van der Waals surface area contributed by atoms with Crippen molar-refractivity contribution >= 4 is 14.0 Å². The zero-order chi connectivity index (χ0) is 19.9. The van der Waals surface area contributed by atoms with E-state index < -0.39 is 13.6 Å². The lowest BCUT2D eigenvalue weighted by molar-refractivity contribution is -0.122. The molecule has 0 aromatic carbocycles. The lowest BCUT2D eigenvalue weighted by Gasteiger charge is -2.30. The van der Waals surface area contributed by atoms with Crippen molar-refractivity contribution in [1.29, 1.82) is 0 Å². The molecule has 0 unspecified atom stereocenters. The van der Waals surface area contributed by atoms with E-state index in [9.17, 15) is 15.0 Å². The first-order valence-corrected chi connectivity index (χ1v) is 14.5. The molecule has 3 N–H and O–H groups in total. The van der Waals surface area contributed by atoms with Crippen LogP contribution < -0.4 is 5.32 Å². The molecule has 0 aliphatic rings. The van der Waals surface area contributed by atoms with Crippen LogP contribution in [0.1, 0.15) is 84.0 Å². The van der Waals surface area contributed by atoms with Gasteiger partial charge in [0.1, 0.15) is 0 Å². The maximum atomic E-state index is 11.2. The molecule has 0 saturated heterocycles. The summed E-state index contributed by atoms with van der Waals surface area (Å²) in [5, 5.41) is 21.6. The van der Waals surface area contributed by atoms with Gasteiger partial charge in [0.05, 0.1) is 18.8 Å². The summed E-state index contributed by atoms with van der Waals surface area (Å²) in [6.07, 6.45) is 14.8. The Morgan fingerprint density at radius 1 is 0.769 bits per heavy atom. The molecule has 0 radical (unpaired) electrons. The third kappa shape index (κ3) is 14.7. The smallest absolute Gasteiger partial charge is 0.217 e. The van der Waals surface area contributed by atoms with Gasteiger partial charge in [-0.25, -0.2) is 0 Å². The van der Waals surface area contributed by atoms with Gasteiger partial charge in [-0.1, -0.05) is 96.3 Å². The lowest BCUT2D eigenvalue weighted by Crippen LogP contribution is -2.53. The molecule has 0 aliphatic carbocycles. The van der Waals surface area contributed by atoms with Crippen molar-refractivity contribution in [3.63, 3.8) is 0 Å². The number of amides is 1. The van der Waals surface area contributed by atoms with Crippen molar-refractivity contribution < 1.29 is 15.0 Å². The number of nitrogens with one attached hydrogen (secondary N) is 1. The fourth-order valence-corrected chi connectivity index (χ4v) is 4.74. The molecule has 0 aromatic heterocycles. The summed E-state index contributed by atoms with van der Waals surface area (Å²) < 4.78 is 0. The Kier molecular flexibility index (Phi) is 14.4. The average molecular weight is 388 g/mol. The third-order valence-electron chi connectivity index (χ3n) is 5.13. The van der Waals surface area contributed by atoms with Crippen LogP contribution in [0.3, 0.4) is 0 Å². The van der Waals surface area contributed by atoms with E-state index in [0.717, 1.165) is 12.8 Å². The van der Waals surface area contributed by atoms with Crippen molar-refractivity contribution in [3.8, 4) is 0 Å². The van der Waals surface area contributed by atoms with E-state index in [-0.39, 0.29) is 19.1 Å². The van der Waals surface area contributed by atoms with Crippen molar-refractivity contribution in [2.75, 3.05) is 13.2 Å². The quantitative estimate of drug-likeness (QED) is 0.246. The van der Waals surface area contributed by atoms with Crippen molar-refractivity contribution in [3.05, 3.63) is 0 Å². The van der Waals surface area contributed by atoms with Gasteiger partial charge in [-0.15, -0.1) is 0 Å². The first-order valence-electron chi connectivity index (χ1n) is 10.8. The SMILES string of the molecule is CC(=O)NC(CO)(CO)CCCCCCCCCCCCC[Si](C)(C)C. The highest BCUT2D eigenvalue weighted by molar-refractivity contribution is 6.76. The summed E-state index contributed by atoms with van der Waals surface area (Å²) in [6, 6.07) is 1.47. The number of aliphatic hydroxyl groups is 2. The van der Waals surface area contributed by atoms with Gasteiger partial charge in [0.25, 0.3) is 0 Å². The fourth-order valence-electron chi connectivity index (χ4n) is 3.43. The van der Waals surface area contributed by atoms with Crippen molar-refractivity contribution in [2.45, 2.75) is 115 Å². The van der Waals surface area contributed by atoms with E-state index in [4.69, 9.17) is 0 Å². The van der Waals surface area contributed by atoms with E-state index in [1.54, 1.807) is 0 Å². The molecular weight excluding hydrogens is 342 g/mol. The summed E-state index contributed by atoms with van der Waals surface area (Å²) in [5.74, 6) is -0.200. The second-order valence-electron chi connectivity index (χ2n) is 9.23. The zero-order valence-electron chi connectivity index (χ0n) is 17.9. The van der Waals surface area contributed by atoms with E-state index in [2.05, 4.69) is 25.0 Å². The van der Waals surface area contributed by atoms with Crippen molar-refractivity contribution in [2.24, 2.45) is 0 Å². The van der Waals surface area contributed by atoms with Crippen molar-refractivity contribution in [1.82, 2.24) is 5.32 Å². The number of hydrogen-bond donors (Lipinski definition) is 3. The zero-order valence-corrected chi connectivity index (χ0v) is 18.9. The highest BCUT2D eigenvalue weighted by Gasteiger charge is 2.28. The van der Waals surface area contributed by atoms with Gasteiger partial charge in [0.15, 0.2) is 0 Å². The van der Waals surface area contributed by atoms with Gasteiger partial charge in [-0.3, -0.25) is 4.79 Å². The van der Waals surface area contributed by atoms with E-state index >= 15 is 0 Å². The lowest BCUT2D eigenvalue weighted by atomic mass is 9.93. The van der Waals surface area contributed by atoms with Gasteiger partial charge >= 0.3 is 0 Å². The number of unbranched alkanes of at least 4 members (excludes halogenated alkanes) is 10. The highest BCUT2D eigenvalue weighted by Crippen LogP contribution is 2.18. The summed E-state index contributed by atoms with van der Waals surface area (Å²) in [7, 11) is -0.828. The van der Waals surface area contributed by atoms with Crippen LogP contribution >= 0.6 is 0 Å². The molecule has 0 spiro atoms. The highest BCUT2D eigenvalue weighted by atomic mass is 28.3. The van der Waals surface area contributed by atoms with Crippen LogP contribution in [0.15, 0.2) is 0 Å². The van der Waals surface area contributed by atoms with Gasteiger partial charge in [-0.05, 0) is 6.42 Å². The molecule has 0 rings (SSSR count). The molecule has 0 bridgehead atoms. The molecule has 1 amide bonds. The molecule has 0 atom stereocenters. The number of carbonyl (C=O) groups is 1. The number of aliphatic hydroxyl groups excluding tert-OH is 2. The minimum Gasteiger partial charge on any atom is -0.394 e.